The van der Waals surface area contributed by atoms with Crippen molar-refractivity contribution in [2.24, 2.45) is 5.73 Å². The van der Waals surface area contributed by atoms with Crippen molar-refractivity contribution in [1.29, 1.82) is 0 Å². The van der Waals surface area contributed by atoms with Crippen molar-refractivity contribution in [2.45, 2.75) is 38.0 Å². The topological polar surface area (TPSA) is 26.0 Å². The Kier molecular flexibility index (Phi) is 3.20. The highest BCUT2D eigenvalue weighted by molar-refractivity contribution is 5.32. The van der Waals surface area contributed by atoms with Crippen LogP contribution in [0, 0.1) is 0 Å². The normalized spacial score (nSPS) is 20.5. The first kappa shape index (κ1) is 9.72. The summed E-state index contributed by atoms with van der Waals surface area (Å²) in [6, 6.07) is 8.91. The van der Waals surface area contributed by atoms with E-state index in [0.29, 0.717) is 0 Å². The fraction of sp³-hybridized carbons (Fsp3) is 0.538. The summed E-state index contributed by atoms with van der Waals surface area (Å²) >= 11 is 0. The van der Waals surface area contributed by atoms with Crippen molar-refractivity contribution in [3.63, 3.8) is 0 Å². The van der Waals surface area contributed by atoms with Gasteiger partial charge in [0.25, 0.3) is 0 Å². The van der Waals surface area contributed by atoms with Gasteiger partial charge < -0.3 is 5.73 Å². The van der Waals surface area contributed by atoms with Crippen molar-refractivity contribution in [3.05, 3.63) is 35.4 Å². The number of fused-ring (bicyclic) bond motifs is 1. The van der Waals surface area contributed by atoms with Crippen LogP contribution in [0.5, 0.6) is 0 Å². The zero-order valence-corrected chi connectivity index (χ0v) is 8.71. The van der Waals surface area contributed by atoms with Gasteiger partial charge in [-0.1, -0.05) is 24.3 Å². The summed E-state index contributed by atoms with van der Waals surface area (Å²) < 4.78 is 0. The standard InChI is InChI=1S/C13H19N/c14-10-4-8-12-7-3-6-11-5-1-2-9-13(11)12/h1-2,5,9,12H,3-4,6-8,10,14H2/t12-/m1/s1. The van der Waals surface area contributed by atoms with Crippen molar-refractivity contribution in [2.75, 3.05) is 6.54 Å². The highest BCUT2D eigenvalue weighted by Gasteiger charge is 2.18. The van der Waals surface area contributed by atoms with Gasteiger partial charge >= 0.3 is 0 Å². The maximum atomic E-state index is 5.57. The molecule has 1 aliphatic rings. The van der Waals surface area contributed by atoms with Crippen LogP contribution in [0.4, 0.5) is 0 Å². The molecule has 0 fully saturated rings. The Morgan fingerprint density at radius 3 is 3.00 bits per heavy atom. The molecule has 0 radical (unpaired) electrons. The number of aryl methyl sites for hydroxylation is 1. The van der Waals surface area contributed by atoms with Crippen LogP contribution < -0.4 is 5.73 Å². The van der Waals surface area contributed by atoms with Gasteiger partial charge in [0.15, 0.2) is 0 Å². The number of benzene rings is 1. The smallest absolute Gasteiger partial charge is 0.00771 e. The molecule has 0 saturated heterocycles. The Labute approximate surface area is 86.3 Å². The third-order valence-corrected chi connectivity index (χ3v) is 3.25. The number of hydrogen-bond acceptors (Lipinski definition) is 1. The quantitative estimate of drug-likeness (QED) is 0.777. The predicted octanol–water partition coefficient (Wildman–Crippen LogP) is 2.85. The molecule has 0 amide bonds. The molecule has 0 bridgehead atoms. The Morgan fingerprint density at radius 1 is 1.29 bits per heavy atom. The minimum Gasteiger partial charge on any atom is -0.330 e. The molecule has 0 saturated carbocycles. The van der Waals surface area contributed by atoms with Crippen molar-refractivity contribution in [3.8, 4) is 0 Å². The van der Waals surface area contributed by atoms with Crippen molar-refractivity contribution >= 4 is 0 Å². The second kappa shape index (κ2) is 4.61. The van der Waals surface area contributed by atoms with Gasteiger partial charge in [-0.2, -0.15) is 0 Å². The van der Waals surface area contributed by atoms with Gasteiger partial charge in [0.1, 0.15) is 0 Å². The Bertz CT molecular complexity index is 293. The first-order valence-corrected chi connectivity index (χ1v) is 5.69. The zero-order valence-electron chi connectivity index (χ0n) is 8.71. The molecule has 2 N–H and O–H groups in total. The second-order valence-electron chi connectivity index (χ2n) is 4.22. The molecule has 1 aromatic carbocycles. The SMILES string of the molecule is NCCC[C@H]1CCCc2ccccc21. The van der Waals surface area contributed by atoms with E-state index in [1.165, 1.54) is 32.1 Å². The minimum atomic E-state index is 0.781. The molecule has 0 aliphatic heterocycles. The van der Waals surface area contributed by atoms with Gasteiger partial charge in [-0.3, -0.25) is 0 Å². The molecule has 1 heteroatoms. The minimum absolute atomic E-state index is 0.781. The average molecular weight is 189 g/mol. The van der Waals surface area contributed by atoms with E-state index in [2.05, 4.69) is 24.3 Å². The third-order valence-electron chi connectivity index (χ3n) is 3.25. The summed E-state index contributed by atoms with van der Waals surface area (Å²) in [6.45, 7) is 0.832. The summed E-state index contributed by atoms with van der Waals surface area (Å²) in [6.07, 6.45) is 6.42. The van der Waals surface area contributed by atoms with Crippen LogP contribution in [-0.2, 0) is 6.42 Å². The largest absolute Gasteiger partial charge is 0.330 e. The monoisotopic (exact) mass is 189 g/mol. The van der Waals surface area contributed by atoms with Crippen LogP contribution in [0.15, 0.2) is 24.3 Å². The van der Waals surface area contributed by atoms with Gasteiger partial charge in [-0.25, -0.2) is 0 Å². The lowest BCUT2D eigenvalue weighted by Gasteiger charge is -2.25. The van der Waals surface area contributed by atoms with E-state index >= 15 is 0 Å². The van der Waals surface area contributed by atoms with E-state index in [9.17, 15) is 0 Å². The lowest BCUT2D eigenvalue weighted by Crippen LogP contribution is -2.11. The molecule has 76 valence electrons. The van der Waals surface area contributed by atoms with E-state index < -0.39 is 0 Å². The van der Waals surface area contributed by atoms with Crippen LogP contribution in [0.3, 0.4) is 0 Å². The van der Waals surface area contributed by atoms with Crippen molar-refractivity contribution in [1.82, 2.24) is 0 Å². The van der Waals surface area contributed by atoms with Crippen LogP contribution in [0.1, 0.15) is 42.7 Å². The lowest BCUT2D eigenvalue weighted by molar-refractivity contribution is 0.508. The van der Waals surface area contributed by atoms with E-state index in [1.807, 2.05) is 0 Å². The Hall–Kier alpha value is -0.820. The third kappa shape index (κ3) is 1.98. The van der Waals surface area contributed by atoms with E-state index in [0.717, 1.165) is 12.5 Å². The molecule has 1 atom stereocenters. The molecular weight excluding hydrogens is 170 g/mol. The molecule has 0 spiro atoms. The van der Waals surface area contributed by atoms with Gasteiger partial charge in [0.05, 0.1) is 0 Å². The second-order valence-corrected chi connectivity index (χ2v) is 4.22. The van der Waals surface area contributed by atoms with Gasteiger partial charge in [-0.05, 0) is 55.7 Å². The van der Waals surface area contributed by atoms with E-state index in [-0.39, 0.29) is 0 Å². The summed E-state index contributed by atoms with van der Waals surface area (Å²) in [4.78, 5) is 0. The molecule has 1 aromatic rings. The molecule has 2 rings (SSSR count). The van der Waals surface area contributed by atoms with Crippen LogP contribution in [0.25, 0.3) is 0 Å². The number of hydrogen-bond donors (Lipinski definition) is 1. The molecular formula is C13H19N. The van der Waals surface area contributed by atoms with Gasteiger partial charge in [0.2, 0.25) is 0 Å². The van der Waals surface area contributed by atoms with E-state index in [1.54, 1.807) is 11.1 Å². The summed E-state index contributed by atoms with van der Waals surface area (Å²) in [7, 11) is 0. The van der Waals surface area contributed by atoms with Gasteiger partial charge in [-0.15, -0.1) is 0 Å². The first-order chi connectivity index (χ1) is 6.92. The molecule has 1 nitrogen and oxygen atoms in total. The molecule has 0 aromatic heterocycles. The lowest BCUT2D eigenvalue weighted by atomic mass is 9.80. The molecule has 1 aliphatic carbocycles. The fourth-order valence-electron chi connectivity index (χ4n) is 2.52. The van der Waals surface area contributed by atoms with Crippen LogP contribution in [-0.4, -0.2) is 6.54 Å². The number of nitrogens with two attached hydrogens (primary N) is 1. The average Bonchev–Trinajstić information content (AvgIpc) is 2.26. The van der Waals surface area contributed by atoms with E-state index in [4.69, 9.17) is 5.73 Å². The highest BCUT2D eigenvalue weighted by atomic mass is 14.5. The Balaban J connectivity index is 2.14. The number of rotatable bonds is 3. The van der Waals surface area contributed by atoms with Gasteiger partial charge in [0, 0.05) is 0 Å². The molecule has 0 unspecified atom stereocenters. The maximum Gasteiger partial charge on any atom is -0.00771 e. The summed E-state index contributed by atoms with van der Waals surface area (Å²) in [5.74, 6) is 0.781. The van der Waals surface area contributed by atoms with Crippen LogP contribution >= 0.6 is 0 Å². The summed E-state index contributed by atoms with van der Waals surface area (Å²) in [5, 5.41) is 0. The van der Waals surface area contributed by atoms with Crippen molar-refractivity contribution < 1.29 is 0 Å². The van der Waals surface area contributed by atoms with Crippen LogP contribution in [0.2, 0.25) is 0 Å². The Morgan fingerprint density at radius 2 is 2.14 bits per heavy atom. The predicted molar refractivity (Wildman–Crippen MR) is 60.4 cm³/mol. The molecule has 0 heterocycles. The maximum absolute atomic E-state index is 5.57. The zero-order chi connectivity index (χ0) is 9.80. The fourth-order valence-corrected chi connectivity index (χ4v) is 2.52. The summed E-state index contributed by atoms with van der Waals surface area (Å²) in [5.41, 5.74) is 8.73. The first-order valence-electron chi connectivity index (χ1n) is 5.69. The highest BCUT2D eigenvalue weighted by Crippen LogP contribution is 2.34. The molecule has 14 heavy (non-hydrogen) atoms.